The van der Waals surface area contributed by atoms with Crippen molar-refractivity contribution in [3.05, 3.63) is 29.6 Å². The molecule has 2 fully saturated rings. The van der Waals surface area contributed by atoms with E-state index in [1.54, 1.807) is 0 Å². The van der Waals surface area contributed by atoms with Crippen LogP contribution >= 0.6 is 20.1 Å². The van der Waals surface area contributed by atoms with Gasteiger partial charge in [-0.2, -0.15) is 0 Å². The predicted octanol–water partition coefficient (Wildman–Crippen LogP) is 5.15. The Labute approximate surface area is 128 Å². The second kappa shape index (κ2) is 10.8. The van der Waals surface area contributed by atoms with Crippen LogP contribution in [-0.2, 0) is 18.1 Å². The van der Waals surface area contributed by atoms with Crippen LogP contribution in [0.4, 0.5) is 0 Å². The van der Waals surface area contributed by atoms with E-state index in [4.69, 9.17) is 24.8 Å². The molecule has 0 atom stereocenters. The van der Waals surface area contributed by atoms with Crippen molar-refractivity contribution in [1.29, 1.82) is 0 Å². The van der Waals surface area contributed by atoms with Crippen molar-refractivity contribution in [1.82, 2.24) is 0 Å². The molecule has 2 rings (SSSR count). The van der Waals surface area contributed by atoms with Gasteiger partial charge in [0, 0.05) is 13.2 Å². The third kappa shape index (κ3) is 6.49. The van der Waals surface area contributed by atoms with E-state index < -0.39 is 0 Å². The van der Waals surface area contributed by atoms with Gasteiger partial charge in [-0.15, -0.1) is 0 Å². The predicted molar refractivity (Wildman–Crippen MR) is 76.3 cm³/mol. The van der Waals surface area contributed by atoms with E-state index in [0.717, 1.165) is 13.2 Å². The van der Waals surface area contributed by atoms with Crippen LogP contribution in [0.5, 0.6) is 0 Å². The zero-order valence-electron chi connectivity index (χ0n) is 11.9. The molecule has 0 aromatic rings. The zero-order chi connectivity index (χ0) is 14.1. The molecule has 0 spiro atoms. The molecule has 1 aliphatic carbocycles. The topological polar surface area (TPSA) is 9.23 Å². The van der Waals surface area contributed by atoms with E-state index in [2.05, 4.69) is 34.6 Å². The van der Waals surface area contributed by atoms with Gasteiger partial charge in [0.2, 0.25) is 0 Å². The molecule has 18 heavy (non-hydrogen) atoms. The van der Waals surface area contributed by atoms with Gasteiger partial charge in [-0.05, 0) is 42.4 Å². The Morgan fingerprint density at radius 2 is 0.944 bits per heavy atom. The van der Waals surface area contributed by atoms with E-state index in [-0.39, 0.29) is 13.4 Å². The molecule has 0 aromatic heterocycles. The van der Waals surface area contributed by atoms with Crippen LogP contribution in [-0.4, -0.2) is 13.2 Å². The Morgan fingerprint density at radius 1 is 0.722 bits per heavy atom. The molecule has 1 heterocycles. The molecule has 1 saturated heterocycles. The molecule has 1 nitrogen and oxygen atoms in total. The maximum absolute atomic E-state index is 4.94. The van der Waals surface area contributed by atoms with Crippen LogP contribution in [0, 0.1) is 29.6 Å². The summed E-state index contributed by atoms with van der Waals surface area (Å²) in [5, 5.41) is 0. The minimum atomic E-state index is -0.181. The summed E-state index contributed by atoms with van der Waals surface area (Å²) < 4.78 is 4.94. The first-order valence-electron chi connectivity index (χ1n) is 6.14. The molecule has 1 aliphatic heterocycles. The Balaban J connectivity index is 0.000000301. The summed E-state index contributed by atoms with van der Waals surface area (Å²) >= 11 is -0.181. The van der Waals surface area contributed by atoms with Crippen LogP contribution in [0.2, 0.25) is 0 Å². The average molecular weight is 330 g/mol. The second-order valence-corrected chi connectivity index (χ2v) is 6.61. The minimum absolute atomic E-state index is 0.181. The van der Waals surface area contributed by atoms with E-state index in [9.17, 15) is 0 Å². The fourth-order valence-corrected chi connectivity index (χ4v) is 1.92. The molecular formula is C14H23Cl2CrO+. The quantitative estimate of drug-likeness (QED) is 0.597. The Morgan fingerprint density at radius 3 is 1.06 bits per heavy atom. The van der Waals surface area contributed by atoms with Gasteiger partial charge in [-0.1, -0.05) is 34.6 Å². The number of ether oxygens (including phenoxy) is 1. The summed E-state index contributed by atoms with van der Waals surface area (Å²) in [5.74, 6) is 7.34. The number of hydrogen-bond acceptors (Lipinski definition) is 1. The second-order valence-electron chi connectivity index (χ2n) is 4.50. The van der Waals surface area contributed by atoms with Crippen molar-refractivity contribution in [3.8, 4) is 0 Å². The first-order chi connectivity index (χ1) is 8.47. The first kappa shape index (κ1) is 19.1. The molecule has 1 saturated carbocycles. The zero-order valence-corrected chi connectivity index (χ0v) is 14.7. The van der Waals surface area contributed by atoms with Gasteiger partial charge in [0.05, 0.1) is 0 Å². The van der Waals surface area contributed by atoms with E-state index in [1.165, 1.54) is 42.4 Å². The van der Waals surface area contributed by atoms with Crippen molar-refractivity contribution in [2.24, 2.45) is 0 Å². The molecule has 0 amide bonds. The molecule has 0 unspecified atom stereocenters. The van der Waals surface area contributed by atoms with Gasteiger partial charge < -0.3 is 4.74 Å². The molecule has 0 bridgehead atoms. The SMILES string of the molecule is C1CCOC1.C[C]1[C](C)[C](C)[C](C)[C]1C.[Cl][Cr+][Cl]. The van der Waals surface area contributed by atoms with E-state index in [1.807, 2.05) is 0 Å². The fraction of sp³-hybridized carbons (Fsp3) is 0.643. The third-order valence-corrected chi connectivity index (χ3v) is 3.64. The van der Waals surface area contributed by atoms with Gasteiger partial charge in [0.25, 0.3) is 0 Å². The van der Waals surface area contributed by atoms with Crippen LogP contribution in [0.15, 0.2) is 0 Å². The van der Waals surface area contributed by atoms with E-state index >= 15 is 0 Å². The van der Waals surface area contributed by atoms with Gasteiger partial charge in [-0.25, -0.2) is 0 Å². The van der Waals surface area contributed by atoms with Crippen LogP contribution in [0.25, 0.3) is 0 Å². The van der Waals surface area contributed by atoms with Crippen molar-refractivity contribution in [3.63, 3.8) is 0 Å². The summed E-state index contributed by atoms with van der Waals surface area (Å²) in [7, 11) is 9.65. The van der Waals surface area contributed by atoms with Crippen molar-refractivity contribution in [2.75, 3.05) is 13.2 Å². The summed E-state index contributed by atoms with van der Waals surface area (Å²) in [5.41, 5.74) is 0. The summed E-state index contributed by atoms with van der Waals surface area (Å²) in [4.78, 5) is 0. The molecule has 0 N–H and O–H groups in total. The Kier molecular flexibility index (Phi) is 11.5. The fourth-order valence-electron chi connectivity index (χ4n) is 1.92. The third-order valence-electron chi connectivity index (χ3n) is 3.64. The Hall–Kier alpha value is 1.07. The summed E-state index contributed by atoms with van der Waals surface area (Å²) in [6, 6.07) is 0. The molecule has 0 aromatic carbocycles. The molecule has 5 radical (unpaired) electrons. The summed E-state index contributed by atoms with van der Waals surface area (Å²) in [6.45, 7) is 13.0. The number of halogens is 2. The van der Waals surface area contributed by atoms with Crippen molar-refractivity contribution in [2.45, 2.75) is 47.5 Å². The monoisotopic (exact) mass is 329 g/mol. The van der Waals surface area contributed by atoms with Gasteiger partial charge in [0.1, 0.15) is 0 Å². The van der Waals surface area contributed by atoms with E-state index in [0.29, 0.717) is 0 Å². The normalized spacial score (nSPS) is 23.3. The van der Waals surface area contributed by atoms with Crippen molar-refractivity contribution >= 4 is 20.1 Å². The maximum atomic E-state index is 4.94. The summed E-state index contributed by atoms with van der Waals surface area (Å²) in [6.07, 6.45) is 2.56. The molecule has 2 aliphatic rings. The first-order valence-corrected chi connectivity index (χ1v) is 9.64. The number of hydrogen-bond donors (Lipinski definition) is 0. The van der Waals surface area contributed by atoms with Crippen molar-refractivity contribution < 1.29 is 18.1 Å². The van der Waals surface area contributed by atoms with Crippen LogP contribution < -0.4 is 0 Å². The van der Waals surface area contributed by atoms with Gasteiger partial charge >= 0.3 is 33.5 Å². The van der Waals surface area contributed by atoms with Gasteiger partial charge in [0.15, 0.2) is 0 Å². The Bertz CT molecular complexity index is 148. The molecule has 4 heteroatoms. The standard InChI is InChI=1S/C10H15.C4H8O.2ClH.Cr/c1-6-7(2)9(4)10(5)8(6)3;1-2-4-5-3-1;;;/h1-5H3;1-4H2;2*1H;/q;;;;+3/p-2. The number of rotatable bonds is 0. The molecular weight excluding hydrogens is 307 g/mol. The van der Waals surface area contributed by atoms with Crippen LogP contribution in [0.3, 0.4) is 0 Å². The molecule has 104 valence electrons. The van der Waals surface area contributed by atoms with Crippen LogP contribution in [0.1, 0.15) is 47.5 Å². The van der Waals surface area contributed by atoms with Gasteiger partial charge in [-0.3, -0.25) is 0 Å². The average Bonchev–Trinajstić information content (AvgIpc) is 2.98.